The summed E-state index contributed by atoms with van der Waals surface area (Å²) in [5, 5.41) is 0. The predicted octanol–water partition coefficient (Wildman–Crippen LogP) is 2.84. The van der Waals surface area contributed by atoms with Gasteiger partial charge in [0.1, 0.15) is 5.82 Å². The molecule has 3 nitrogen and oxygen atoms in total. The monoisotopic (exact) mass is 378 g/mol. The van der Waals surface area contributed by atoms with E-state index in [1.165, 1.54) is 12.1 Å². The van der Waals surface area contributed by atoms with E-state index >= 15 is 0 Å². The second-order valence-corrected chi connectivity index (χ2v) is 5.99. The largest absolute Gasteiger partial charge is 0.335 e. The van der Waals surface area contributed by atoms with Crippen molar-refractivity contribution in [2.75, 3.05) is 27.2 Å². The molecule has 0 spiro atoms. The van der Waals surface area contributed by atoms with Crippen molar-refractivity contribution in [1.29, 1.82) is 0 Å². The molecular weight excluding hydrogens is 358 g/mol. The maximum absolute atomic E-state index is 13.1. The fourth-order valence-corrected chi connectivity index (χ4v) is 2.81. The first-order valence-electron chi connectivity index (χ1n) is 6.27. The Morgan fingerprint density at radius 3 is 2.53 bits per heavy atom. The number of hydrogen-bond donors (Lipinski definition) is 0. The Morgan fingerprint density at radius 2 is 2.05 bits per heavy atom. The first-order chi connectivity index (χ1) is 8.86. The summed E-state index contributed by atoms with van der Waals surface area (Å²) < 4.78 is 13.7. The molecule has 5 heteroatoms. The molecule has 1 rings (SSSR count). The first kappa shape index (κ1) is 16.4. The van der Waals surface area contributed by atoms with Gasteiger partial charge in [0.25, 0.3) is 5.91 Å². The molecule has 0 saturated heterocycles. The van der Waals surface area contributed by atoms with Crippen LogP contribution in [-0.2, 0) is 0 Å². The molecule has 0 bridgehead atoms. The molecule has 0 radical (unpaired) electrons. The van der Waals surface area contributed by atoms with Crippen LogP contribution in [0.15, 0.2) is 18.2 Å². The third kappa shape index (κ3) is 4.42. The van der Waals surface area contributed by atoms with Gasteiger partial charge in [-0.15, -0.1) is 0 Å². The Balaban J connectivity index is 2.95. The Morgan fingerprint density at radius 1 is 1.42 bits per heavy atom. The van der Waals surface area contributed by atoms with Gasteiger partial charge in [-0.25, -0.2) is 4.39 Å². The lowest BCUT2D eigenvalue weighted by molar-refractivity contribution is 0.0678. The molecule has 1 unspecified atom stereocenters. The number of carbonyl (C=O) groups is 1. The van der Waals surface area contributed by atoms with Gasteiger partial charge in [-0.1, -0.05) is 0 Å². The van der Waals surface area contributed by atoms with Crippen molar-refractivity contribution >= 4 is 28.5 Å². The quantitative estimate of drug-likeness (QED) is 0.736. The van der Waals surface area contributed by atoms with Crippen LogP contribution in [0.5, 0.6) is 0 Å². The third-order valence-corrected chi connectivity index (χ3v) is 3.82. The summed E-state index contributed by atoms with van der Waals surface area (Å²) in [5.41, 5.74) is 0.564. The van der Waals surface area contributed by atoms with Crippen molar-refractivity contribution in [3.63, 3.8) is 0 Å². The summed E-state index contributed by atoms with van der Waals surface area (Å²) >= 11 is 2.00. The van der Waals surface area contributed by atoms with Crippen molar-refractivity contribution in [3.05, 3.63) is 33.1 Å². The van der Waals surface area contributed by atoms with E-state index in [-0.39, 0.29) is 17.8 Å². The normalized spacial score (nSPS) is 12.6. The number of nitrogens with zero attached hydrogens (tertiary/aromatic N) is 2. The molecule has 0 aromatic heterocycles. The number of likely N-dealkylation sites (N-methyl/N-ethyl adjacent to an activating group) is 2. The van der Waals surface area contributed by atoms with Crippen LogP contribution in [0.1, 0.15) is 24.2 Å². The van der Waals surface area contributed by atoms with Gasteiger partial charge in [0.15, 0.2) is 0 Å². The molecule has 0 heterocycles. The van der Waals surface area contributed by atoms with Crippen molar-refractivity contribution < 1.29 is 9.18 Å². The number of benzene rings is 1. The number of hydrogen-bond acceptors (Lipinski definition) is 2. The summed E-state index contributed by atoms with van der Waals surface area (Å²) in [6.07, 6.45) is 0. The summed E-state index contributed by atoms with van der Waals surface area (Å²) in [6, 6.07) is 4.40. The van der Waals surface area contributed by atoms with Gasteiger partial charge in [-0.3, -0.25) is 4.79 Å². The van der Waals surface area contributed by atoms with E-state index < -0.39 is 0 Å². The molecule has 0 aliphatic heterocycles. The average molecular weight is 378 g/mol. The molecule has 1 atom stereocenters. The van der Waals surface area contributed by atoms with Crippen molar-refractivity contribution in [2.45, 2.75) is 19.9 Å². The van der Waals surface area contributed by atoms with Gasteiger partial charge >= 0.3 is 0 Å². The van der Waals surface area contributed by atoms with E-state index in [0.717, 1.165) is 6.54 Å². The first-order valence-corrected chi connectivity index (χ1v) is 7.35. The second kappa shape index (κ2) is 7.19. The molecule has 0 fully saturated rings. The van der Waals surface area contributed by atoms with E-state index in [4.69, 9.17) is 0 Å². The Kier molecular flexibility index (Phi) is 6.19. The standard InChI is InChI=1S/C14H20FIN2O/c1-5-18(10(2)9-17(3)4)14(19)12-7-6-11(15)8-13(12)16/h6-8,10H,5,9H2,1-4H3. The number of amides is 1. The maximum atomic E-state index is 13.1. The van der Waals surface area contributed by atoms with Crippen LogP contribution in [0.25, 0.3) is 0 Å². The highest BCUT2D eigenvalue weighted by Crippen LogP contribution is 2.17. The van der Waals surface area contributed by atoms with Gasteiger partial charge in [0.2, 0.25) is 0 Å². The summed E-state index contributed by atoms with van der Waals surface area (Å²) in [5.74, 6) is -0.355. The summed E-state index contributed by atoms with van der Waals surface area (Å²) in [7, 11) is 3.97. The highest BCUT2D eigenvalue weighted by Gasteiger charge is 2.22. The third-order valence-electron chi connectivity index (χ3n) is 2.92. The van der Waals surface area contributed by atoms with Crippen molar-refractivity contribution in [2.24, 2.45) is 0 Å². The van der Waals surface area contributed by atoms with Gasteiger partial charge < -0.3 is 9.80 Å². The summed E-state index contributed by atoms with van der Waals surface area (Å²) in [4.78, 5) is 16.4. The molecule has 0 saturated carbocycles. The lowest BCUT2D eigenvalue weighted by Gasteiger charge is -2.30. The van der Waals surface area contributed by atoms with Crippen LogP contribution in [0.3, 0.4) is 0 Å². The van der Waals surface area contributed by atoms with Crippen LogP contribution in [0.2, 0.25) is 0 Å². The van der Waals surface area contributed by atoms with Crippen LogP contribution in [0.4, 0.5) is 4.39 Å². The molecular formula is C14H20FIN2O. The predicted molar refractivity (Wildman–Crippen MR) is 83.8 cm³/mol. The fourth-order valence-electron chi connectivity index (χ4n) is 2.10. The SMILES string of the molecule is CCN(C(=O)c1ccc(F)cc1I)C(C)CN(C)C. The minimum absolute atomic E-state index is 0.0405. The van der Waals surface area contributed by atoms with Crippen molar-refractivity contribution in [3.8, 4) is 0 Å². The van der Waals surface area contributed by atoms with Crippen LogP contribution in [0, 0.1) is 9.39 Å². The van der Waals surface area contributed by atoms with Gasteiger partial charge in [-0.2, -0.15) is 0 Å². The van der Waals surface area contributed by atoms with Crippen LogP contribution >= 0.6 is 22.6 Å². The average Bonchev–Trinajstić information content (AvgIpc) is 2.28. The van der Waals surface area contributed by atoms with E-state index in [2.05, 4.69) is 4.90 Å². The number of halogens is 2. The second-order valence-electron chi connectivity index (χ2n) is 4.83. The molecule has 1 aromatic rings. The molecule has 19 heavy (non-hydrogen) atoms. The molecule has 0 aliphatic carbocycles. The van der Waals surface area contributed by atoms with Gasteiger partial charge in [0, 0.05) is 22.7 Å². The Hall–Kier alpha value is -0.690. The Bertz CT molecular complexity index is 451. The molecule has 106 valence electrons. The van der Waals surface area contributed by atoms with E-state index in [1.54, 1.807) is 6.07 Å². The number of rotatable bonds is 5. The highest BCUT2D eigenvalue weighted by molar-refractivity contribution is 14.1. The van der Waals surface area contributed by atoms with Crippen LogP contribution < -0.4 is 0 Å². The zero-order chi connectivity index (χ0) is 14.6. The lowest BCUT2D eigenvalue weighted by atomic mass is 10.1. The topological polar surface area (TPSA) is 23.6 Å². The molecule has 0 aliphatic rings. The smallest absolute Gasteiger partial charge is 0.255 e. The zero-order valence-corrected chi connectivity index (χ0v) is 13.9. The minimum atomic E-state index is -0.315. The number of carbonyl (C=O) groups excluding carboxylic acids is 1. The van der Waals surface area contributed by atoms with Gasteiger partial charge in [0.05, 0.1) is 5.56 Å². The summed E-state index contributed by atoms with van der Waals surface area (Å²) in [6.45, 7) is 5.43. The van der Waals surface area contributed by atoms with Crippen molar-refractivity contribution in [1.82, 2.24) is 9.80 Å². The fraction of sp³-hybridized carbons (Fsp3) is 0.500. The molecule has 0 N–H and O–H groups in total. The Labute approximate surface area is 127 Å². The van der Waals surface area contributed by atoms with Crippen LogP contribution in [-0.4, -0.2) is 48.9 Å². The lowest BCUT2D eigenvalue weighted by Crippen LogP contribution is -2.44. The van der Waals surface area contributed by atoms with E-state index in [1.807, 2.05) is 55.4 Å². The molecule has 1 amide bonds. The zero-order valence-electron chi connectivity index (χ0n) is 11.8. The molecule has 1 aromatic carbocycles. The van der Waals surface area contributed by atoms with E-state index in [9.17, 15) is 9.18 Å². The minimum Gasteiger partial charge on any atom is -0.335 e. The maximum Gasteiger partial charge on any atom is 0.255 e. The van der Waals surface area contributed by atoms with E-state index in [0.29, 0.717) is 15.7 Å². The highest BCUT2D eigenvalue weighted by atomic mass is 127. The van der Waals surface area contributed by atoms with Gasteiger partial charge in [-0.05, 0) is 68.7 Å².